The van der Waals surface area contributed by atoms with E-state index >= 15 is 0 Å². The van der Waals surface area contributed by atoms with Gasteiger partial charge in [-0.15, -0.1) is 0 Å². The van der Waals surface area contributed by atoms with Gasteiger partial charge in [-0.25, -0.2) is 13.6 Å². The molecule has 0 fully saturated rings. The van der Waals surface area contributed by atoms with Crippen LogP contribution in [0.1, 0.15) is 18.6 Å². The van der Waals surface area contributed by atoms with Crippen molar-refractivity contribution in [1.82, 2.24) is 0 Å². The Labute approximate surface area is 110 Å². The molecule has 0 saturated heterocycles. The number of carbonyl (C=O) groups excluding carboxylic acids is 1. The lowest BCUT2D eigenvalue weighted by Crippen LogP contribution is -2.31. The van der Waals surface area contributed by atoms with Gasteiger partial charge >= 0.3 is 5.97 Å². The molecule has 0 aliphatic carbocycles. The quantitative estimate of drug-likeness (QED) is 0.653. The second-order valence-corrected chi connectivity index (χ2v) is 4.25. The molecule has 0 amide bonds. The fourth-order valence-electron chi connectivity index (χ4n) is 1.33. The third-order valence-electron chi connectivity index (χ3n) is 2.20. The maximum Gasteiger partial charge on any atom is 0.338 e. The van der Waals surface area contributed by atoms with Crippen molar-refractivity contribution in [2.75, 3.05) is 6.61 Å². The summed E-state index contributed by atoms with van der Waals surface area (Å²) >= 11 is 2.81. The lowest BCUT2D eigenvalue weighted by molar-refractivity contribution is -0.159. The second-order valence-electron chi connectivity index (χ2n) is 3.40. The third kappa shape index (κ3) is 3.04. The van der Waals surface area contributed by atoms with Crippen LogP contribution < -0.4 is 0 Å². The van der Waals surface area contributed by atoms with Gasteiger partial charge in [-0.3, -0.25) is 0 Å². The molecule has 0 heterocycles. The van der Waals surface area contributed by atoms with Crippen molar-refractivity contribution in [3.63, 3.8) is 0 Å². The molecule has 100 valence electrons. The Morgan fingerprint density at radius 1 is 1.44 bits per heavy atom. The van der Waals surface area contributed by atoms with E-state index in [9.17, 15) is 23.8 Å². The normalized spacial score (nSPS) is 14.1. The maximum atomic E-state index is 13.6. The highest BCUT2D eigenvalue weighted by molar-refractivity contribution is 9.10. The van der Waals surface area contributed by atoms with Crippen LogP contribution in [-0.2, 0) is 9.53 Å². The summed E-state index contributed by atoms with van der Waals surface area (Å²) in [7, 11) is 0. The fraction of sp³-hybridized carbons (Fsp3) is 0.364. The van der Waals surface area contributed by atoms with Gasteiger partial charge in [0.25, 0.3) is 0 Å². The Kier molecular flexibility index (Phi) is 5.18. The summed E-state index contributed by atoms with van der Waals surface area (Å²) in [6.07, 6.45) is -4.09. The molecule has 1 rings (SSSR count). The minimum absolute atomic E-state index is 0.0218. The number of rotatable bonds is 4. The molecule has 4 nitrogen and oxygen atoms in total. The van der Waals surface area contributed by atoms with Gasteiger partial charge in [0.15, 0.2) is 6.10 Å². The number of esters is 1. The number of aliphatic hydroxyl groups is 2. The van der Waals surface area contributed by atoms with E-state index in [1.807, 2.05) is 0 Å². The molecular weight excluding hydrogens is 314 g/mol. The van der Waals surface area contributed by atoms with Crippen molar-refractivity contribution < 1.29 is 28.5 Å². The average Bonchev–Trinajstić information content (AvgIpc) is 2.33. The van der Waals surface area contributed by atoms with Crippen LogP contribution in [0.25, 0.3) is 0 Å². The van der Waals surface area contributed by atoms with Crippen LogP contribution in [0.3, 0.4) is 0 Å². The molecule has 7 heteroatoms. The molecule has 0 spiro atoms. The van der Waals surface area contributed by atoms with E-state index in [-0.39, 0.29) is 11.1 Å². The van der Waals surface area contributed by atoms with E-state index in [0.29, 0.717) is 0 Å². The number of halogens is 3. The molecule has 2 unspecified atom stereocenters. The van der Waals surface area contributed by atoms with Crippen LogP contribution in [0.5, 0.6) is 0 Å². The zero-order valence-electron chi connectivity index (χ0n) is 9.36. The molecule has 0 aliphatic heterocycles. The Balaban J connectivity index is 3.07. The van der Waals surface area contributed by atoms with Gasteiger partial charge in [0.1, 0.15) is 17.7 Å². The lowest BCUT2D eigenvalue weighted by atomic mass is 10.0. The number of aliphatic hydroxyl groups excluding tert-OH is 2. The van der Waals surface area contributed by atoms with Gasteiger partial charge in [0.2, 0.25) is 0 Å². The van der Waals surface area contributed by atoms with E-state index in [1.165, 1.54) is 6.92 Å². The first-order valence-corrected chi connectivity index (χ1v) is 5.85. The Hall–Kier alpha value is -1.05. The van der Waals surface area contributed by atoms with Crippen molar-refractivity contribution in [2.24, 2.45) is 0 Å². The van der Waals surface area contributed by atoms with Gasteiger partial charge in [0, 0.05) is 0 Å². The Morgan fingerprint density at radius 3 is 2.61 bits per heavy atom. The van der Waals surface area contributed by atoms with Crippen LogP contribution in [0, 0.1) is 11.6 Å². The highest BCUT2D eigenvalue weighted by Gasteiger charge is 2.32. The predicted octanol–water partition coefficient (Wildman–Crippen LogP) is 1.68. The van der Waals surface area contributed by atoms with Crippen molar-refractivity contribution in [3.8, 4) is 0 Å². The summed E-state index contributed by atoms with van der Waals surface area (Å²) in [5.41, 5.74) is -0.787. The lowest BCUT2D eigenvalue weighted by Gasteiger charge is -2.18. The van der Waals surface area contributed by atoms with Crippen LogP contribution in [0.2, 0.25) is 0 Å². The minimum Gasteiger partial charge on any atom is -0.464 e. The number of ether oxygens (including phenoxy) is 1. The predicted molar refractivity (Wildman–Crippen MR) is 61.7 cm³/mol. The SMILES string of the molecule is CCOC(=O)C(O)C(O)c1c(F)ccc(Br)c1F. The standard InChI is InChI=1S/C11H11BrF2O4/c1-2-18-11(17)10(16)9(15)7-6(13)4-3-5(12)8(7)14/h3-4,9-10,15-16H,2H2,1H3. The minimum atomic E-state index is -2.05. The largest absolute Gasteiger partial charge is 0.464 e. The van der Waals surface area contributed by atoms with Crippen molar-refractivity contribution >= 4 is 21.9 Å². The van der Waals surface area contributed by atoms with Crippen LogP contribution in [0.15, 0.2) is 16.6 Å². The monoisotopic (exact) mass is 324 g/mol. The first-order valence-electron chi connectivity index (χ1n) is 5.06. The molecule has 2 N–H and O–H groups in total. The van der Waals surface area contributed by atoms with Gasteiger partial charge in [-0.05, 0) is 35.0 Å². The van der Waals surface area contributed by atoms with E-state index in [2.05, 4.69) is 20.7 Å². The average molecular weight is 325 g/mol. The molecule has 1 aromatic rings. The van der Waals surface area contributed by atoms with E-state index in [0.717, 1.165) is 12.1 Å². The summed E-state index contributed by atoms with van der Waals surface area (Å²) < 4.78 is 31.4. The number of carbonyl (C=O) groups is 1. The van der Waals surface area contributed by atoms with Crippen molar-refractivity contribution in [1.29, 1.82) is 0 Å². The summed E-state index contributed by atoms with van der Waals surface area (Å²) in [6.45, 7) is 1.48. The summed E-state index contributed by atoms with van der Waals surface area (Å²) in [4.78, 5) is 11.2. The number of hydrogen-bond donors (Lipinski definition) is 2. The topological polar surface area (TPSA) is 66.8 Å². The molecule has 0 aliphatic rings. The van der Waals surface area contributed by atoms with Crippen LogP contribution in [-0.4, -0.2) is 28.9 Å². The molecular formula is C11H11BrF2O4. The zero-order chi connectivity index (χ0) is 13.9. The molecule has 0 radical (unpaired) electrons. The summed E-state index contributed by atoms with van der Waals surface area (Å²) in [5, 5.41) is 19.1. The van der Waals surface area contributed by atoms with E-state index in [4.69, 9.17) is 0 Å². The molecule has 0 saturated carbocycles. The Bertz CT molecular complexity index is 453. The van der Waals surface area contributed by atoms with Crippen LogP contribution >= 0.6 is 15.9 Å². The first kappa shape index (κ1) is 15.0. The molecule has 1 aromatic carbocycles. The molecule has 0 bridgehead atoms. The van der Waals surface area contributed by atoms with Crippen molar-refractivity contribution in [2.45, 2.75) is 19.1 Å². The van der Waals surface area contributed by atoms with E-state index < -0.39 is 35.4 Å². The summed E-state index contributed by atoms with van der Waals surface area (Å²) in [5.74, 6) is -3.29. The molecule has 2 atom stereocenters. The first-order chi connectivity index (χ1) is 8.40. The van der Waals surface area contributed by atoms with Gasteiger partial charge in [-0.2, -0.15) is 0 Å². The van der Waals surface area contributed by atoms with Crippen LogP contribution in [0.4, 0.5) is 8.78 Å². The number of hydrogen-bond acceptors (Lipinski definition) is 4. The molecule has 18 heavy (non-hydrogen) atoms. The molecule has 0 aromatic heterocycles. The highest BCUT2D eigenvalue weighted by Crippen LogP contribution is 2.28. The van der Waals surface area contributed by atoms with Gasteiger partial charge in [-0.1, -0.05) is 0 Å². The second kappa shape index (κ2) is 6.21. The van der Waals surface area contributed by atoms with Gasteiger partial charge < -0.3 is 14.9 Å². The smallest absolute Gasteiger partial charge is 0.338 e. The van der Waals surface area contributed by atoms with E-state index in [1.54, 1.807) is 0 Å². The zero-order valence-corrected chi connectivity index (χ0v) is 10.9. The Morgan fingerprint density at radius 2 is 2.06 bits per heavy atom. The fourth-order valence-corrected chi connectivity index (χ4v) is 1.67. The van der Waals surface area contributed by atoms with Gasteiger partial charge in [0.05, 0.1) is 16.6 Å². The number of benzene rings is 1. The summed E-state index contributed by atoms with van der Waals surface area (Å²) in [6, 6.07) is 2.02. The highest BCUT2D eigenvalue weighted by atomic mass is 79.9. The third-order valence-corrected chi connectivity index (χ3v) is 2.81. The maximum absolute atomic E-state index is 13.6. The van der Waals surface area contributed by atoms with Crippen molar-refractivity contribution in [3.05, 3.63) is 33.8 Å².